The molecule has 1 aliphatic rings. The Morgan fingerprint density at radius 3 is 2.95 bits per heavy atom. The van der Waals surface area contributed by atoms with Crippen molar-refractivity contribution >= 4 is 11.6 Å². The largest absolute Gasteiger partial charge is 0.323 e. The van der Waals surface area contributed by atoms with Crippen LogP contribution < -0.4 is 10.6 Å². The van der Waals surface area contributed by atoms with E-state index in [-0.39, 0.29) is 11.9 Å². The van der Waals surface area contributed by atoms with Crippen LogP contribution in [0.2, 0.25) is 0 Å². The first-order chi connectivity index (χ1) is 9.84. The summed E-state index contributed by atoms with van der Waals surface area (Å²) in [7, 11) is 0. The van der Waals surface area contributed by atoms with Crippen molar-refractivity contribution in [3.8, 4) is 5.69 Å². The molecule has 2 heterocycles. The number of nitrogens with one attached hydrogen (secondary N) is 2. The van der Waals surface area contributed by atoms with Gasteiger partial charge in [0.15, 0.2) is 0 Å². The summed E-state index contributed by atoms with van der Waals surface area (Å²) in [5.74, 6) is 0.0318. The highest BCUT2D eigenvalue weighted by molar-refractivity contribution is 5.96. The van der Waals surface area contributed by atoms with Gasteiger partial charge in [0.05, 0.1) is 17.4 Å². The highest BCUT2D eigenvalue weighted by atomic mass is 16.2. The van der Waals surface area contributed by atoms with Crippen LogP contribution in [0.5, 0.6) is 0 Å². The third-order valence-corrected chi connectivity index (χ3v) is 3.54. The number of hydrogen-bond acceptors (Lipinski definition) is 3. The topological polar surface area (TPSA) is 59.0 Å². The number of amides is 1. The average molecular weight is 270 g/mol. The van der Waals surface area contributed by atoms with Gasteiger partial charge in [-0.05, 0) is 37.6 Å². The van der Waals surface area contributed by atoms with E-state index >= 15 is 0 Å². The summed E-state index contributed by atoms with van der Waals surface area (Å²) < 4.78 is 1.75. The molecular formula is C15H18N4O. The molecule has 1 aliphatic heterocycles. The van der Waals surface area contributed by atoms with Crippen LogP contribution in [-0.2, 0) is 4.79 Å². The molecule has 1 saturated heterocycles. The Morgan fingerprint density at radius 1 is 1.30 bits per heavy atom. The lowest BCUT2D eigenvalue weighted by Crippen LogP contribution is -2.43. The van der Waals surface area contributed by atoms with E-state index in [1.807, 2.05) is 36.5 Å². The van der Waals surface area contributed by atoms with Gasteiger partial charge in [-0.3, -0.25) is 4.79 Å². The number of nitrogens with zero attached hydrogens (tertiary/aromatic N) is 2. The SMILES string of the molecule is O=C(Nc1ccccc1-n1cccn1)[C@@H]1CCCCN1. The predicted molar refractivity (Wildman–Crippen MR) is 77.8 cm³/mol. The lowest BCUT2D eigenvalue weighted by Gasteiger charge is -2.23. The fourth-order valence-electron chi connectivity index (χ4n) is 2.49. The van der Waals surface area contributed by atoms with Crippen LogP contribution in [0.25, 0.3) is 5.69 Å². The van der Waals surface area contributed by atoms with E-state index in [9.17, 15) is 4.79 Å². The van der Waals surface area contributed by atoms with Crippen molar-refractivity contribution in [2.75, 3.05) is 11.9 Å². The summed E-state index contributed by atoms with van der Waals surface area (Å²) in [4.78, 5) is 12.3. The zero-order valence-corrected chi connectivity index (χ0v) is 11.2. The van der Waals surface area contributed by atoms with Crippen molar-refractivity contribution < 1.29 is 4.79 Å². The fourth-order valence-corrected chi connectivity index (χ4v) is 2.49. The van der Waals surface area contributed by atoms with Gasteiger partial charge in [-0.15, -0.1) is 0 Å². The van der Waals surface area contributed by atoms with Crippen LogP contribution in [0.3, 0.4) is 0 Å². The van der Waals surface area contributed by atoms with Gasteiger partial charge in [0.1, 0.15) is 0 Å². The minimum atomic E-state index is -0.0885. The van der Waals surface area contributed by atoms with Crippen molar-refractivity contribution in [3.05, 3.63) is 42.7 Å². The van der Waals surface area contributed by atoms with E-state index in [4.69, 9.17) is 0 Å². The Hall–Kier alpha value is -2.14. The monoisotopic (exact) mass is 270 g/mol. The van der Waals surface area contributed by atoms with E-state index in [0.717, 1.165) is 37.2 Å². The Morgan fingerprint density at radius 2 is 2.20 bits per heavy atom. The number of hydrogen-bond donors (Lipinski definition) is 2. The van der Waals surface area contributed by atoms with Crippen LogP contribution >= 0.6 is 0 Å². The molecule has 1 aromatic carbocycles. The molecule has 3 rings (SSSR count). The molecule has 0 radical (unpaired) electrons. The first-order valence-corrected chi connectivity index (χ1v) is 6.98. The number of para-hydroxylation sites is 2. The fraction of sp³-hybridized carbons (Fsp3) is 0.333. The van der Waals surface area contributed by atoms with Crippen molar-refractivity contribution in [2.45, 2.75) is 25.3 Å². The van der Waals surface area contributed by atoms with Gasteiger partial charge < -0.3 is 10.6 Å². The average Bonchev–Trinajstić information content (AvgIpc) is 3.03. The third kappa shape index (κ3) is 2.72. The molecule has 5 nitrogen and oxygen atoms in total. The number of benzene rings is 1. The first-order valence-electron chi connectivity index (χ1n) is 6.98. The van der Waals surface area contributed by atoms with Gasteiger partial charge in [0.25, 0.3) is 0 Å². The molecular weight excluding hydrogens is 252 g/mol. The Bertz CT molecular complexity index is 573. The smallest absolute Gasteiger partial charge is 0.241 e. The Kier molecular flexibility index (Phi) is 3.78. The minimum absolute atomic E-state index is 0.0318. The second kappa shape index (κ2) is 5.88. The van der Waals surface area contributed by atoms with Crippen LogP contribution in [0, 0.1) is 0 Å². The number of carbonyl (C=O) groups is 1. The maximum Gasteiger partial charge on any atom is 0.241 e. The number of rotatable bonds is 3. The van der Waals surface area contributed by atoms with Gasteiger partial charge >= 0.3 is 0 Å². The van der Waals surface area contributed by atoms with E-state index < -0.39 is 0 Å². The highest BCUT2D eigenvalue weighted by Crippen LogP contribution is 2.20. The van der Waals surface area contributed by atoms with Gasteiger partial charge in [-0.1, -0.05) is 18.6 Å². The second-order valence-electron chi connectivity index (χ2n) is 4.96. The third-order valence-electron chi connectivity index (χ3n) is 3.54. The van der Waals surface area contributed by atoms with Gasteiger partial charge in [0, 0.05) is 12.4 Å². The standard InChI is InChI=1S/C15H18N4O/c20-15(13-7-3-4-9-16-13)18-12-6-1-2-8-14(12)19-11-5-10-17-19/h1-2,5-6,8,10-11,13,16H,3-4,7,9H2,(H,18,20)/t13-/m0/s1. The summed E-state index contributed by atoms with van der Waals surface area (Å²) in [6, 6.07) is 9.47. The van der Waals surface area contributed by atoms with Crippen LogP contribution in [0.1, 0.15) is 19.3 Å². The summed E-state index contributed by atoms with van der Waals surface area (Å²) in [5, 5.41) is 10.5. The van der Waals surface area contributed by atoms with E-state index in [0.29, 0.717) is 0 Å². The molecule has 1 atom stereocenters. The lowest BCUT2D eigenvalue weighted by atomic mass is 10.0. The van der Waals surface area contributed by atoms with Crippen molar-refractivity contribution in [1.29, 1.82) is 0 Å². The lowest BCUT2D eigenvalue weighted by molar-refractivity contribution is -0.118. The molecule has 0 saturated carbocycles. The van der Waals surface area contributed by atoms with E-state index in [2.05, 4.69) is 15.7 Å². The summed E-state index contributed by atoms with van der Waals surface area (Å²) in [5.41, 5.74) is 1.66. The van der Waals surface area contributed by atoms with Gasteiger partial charge in [-0.2, -0.15) is 5.10 Å². The molecule has 0 spiro atoms. The zero-order valence-electron chi connectivity index (χ0n) is 11.2. The number of carbonyl (C=O) groups excluding carboxylic acids is 1. The molecule has 0 unspecified atom stereocenters. The molecule has 104 valence electrons. The van der Waals surface area contributed by atoms with E-state index in [1.54, 1.807) is 10.9 Å². The van der Waals surface area contributed by atoms with Crippen LogP contribution in [0.15, 0.2) is 42.7 Å². The number of piperidine rings is 1. The molecule has 20 heavy (non-hydrogen) atoms. The van der Waals surface area contributed by atoms with Crippen molar-refractivity contribution in [2.24, 2.45) is 0 Å². The molecule has 1 fully saturated rings. The minimum Gasteiger partial charge on any atom is -0.323 e. The van der Waals surface area contributed by atoms with Crippen LogP contribution in [0.4, 0.5) is 5.69 Å². The van der Waals surface area contributed by atoms with Crippen LogP contribution in [-0.4, -0.2) is 28.3 Å². The van der Waals surface area contributed by atoms with Gasteiger partial charge in [-0.25, -0.2) is 4.68 Å². The summed E-state index contributed by atoms with van der Waals surface area (Å²) in [6.45, 7) is 0.916. The van der Waals surface area contributed by atoms with Crippen molar-refractivity contribution in [1.82, 2.24) is 15.1 Å². The molecule has 2 N–H and O–H groups in total. The maximum absolute atomic E-state index is 12.3. The molecule has 0 bridgehead atoms. The zero-order chi connectivity index (χ0) is 13.8. The van der Waals surface area contributed by atoms with E-state index in [1.165, 1.54) is 0 Å². The molecule has 5 heteroatoms. The molecule has 1 aromatic heterocycles. The van der Waals surface area contributed by atoms with Gasteiger partial charge in [0.2, 0.25) is 5.91 Å². The quantitative estimate of drug-likeness (QED) is 0.896. The highest BCUT2D eigenvalue weighted by Gasteiger charge is 2.21. The van der Waals surface area contributed by atoms with Crippen molar-refractivity contribution in [3.63, 3.8) is 0 Å². The second-order valence-corrected chi connectivity index (χ2v) is 4.96. The summed E-state index contributed by atoms with van der Waals surface area (Å²) in [6.07, 6.45) is 6.74. The molecule has 2 aromatic rings. The normalized spacial score (nSPS) is 18.7. The summed E-state index contributed by atoms with van der Waals surface area (Å²) >= 11 is 0. The molecule has 1 amide bonds. The maximum atomic E-state index is 12.3. The molecule has 0 aliphatic carbocycles. The first kappa shape index (κ1) is 12.9. The Labute approximate surface area is 118 Å². The number of anilines is 1. The predicted octanol–water partition coefficient (Wildman–Crippen LogP) is 1.95. The Balaban J connectivity index is 1.79. The number of aromatic nitrogens is 2.